The monoisotopic (exact) mass is 383 g/mol. The van der Waals surface area contributed by atoms with Gasteiger partial charge in [-0.05, 0) is 18.9 Å². The van der Waals surface area contributed by atoms with Crippen molar-refractivity contribution in [2.75, 3.05) is 50.8 Å². The smallest absolute Gasteiger partial charge is 0.257 e. The van der Waals surface area contributed by atoms with Crippen LogP contribution in [0.2, 0.25) is 0 Å². The first-order valence-electron chi connectivity index (χ1n) is 8.96. The number of amides is 2. The van der Waals surface area contributed by atoms with E-state index in [0.717, 1.165) is 12.8 Å². The summed E-state index contributed by atoms with van der Waals surface area (Å²) < 4.78 is 27.8. The minimum atomic E-state index is -2.88. The van der Waals surface area contributed by atoms with Gasteiger partial charge in [0.1, 0.15) is 6.26 Å². The van der Waals surface area contributed by atoms with Crippen LogP contribution in [0.3, 0.4) is 0 Å². The molecule has 144 valence electrons. The van der Waals surface area contributed by atoms with E-state index in [0.29, 0.717) is 44.8 Å². The number of nitrogens with zero attached hydrogens (tertiary/aromatic N) is 2. The minimum absolute atomic E-state index is 0.0423. The molecule has 8 nitrogen and oxygen atoms in total. The molecule has 1 N–H and O–H groups in total. The van der Waals surface area contributed by atoms with Gasteiger partial charge in [0, 0.05) is 39.3 Å². The Hall–Kier alpha value is -1.87. The van der Waals surface area contributed by atoms with Crippen LogP contribution in [0.5, 0.6) is 0 Å². The van der Waals surface area contributed by atoms with Crippen molar-refractivity contribution in [3.8, 4) is 0 Å². The van der Waals surface area contributed by atoms with Gasteiger partial charge in [-0.1, -0.05) is 0 Å². The number of hydrogen-bond acceptors (Lipinski definition) is 6. The molecule has 1 aromatic heterocycles. The number of rotatable bonds is 5. The highest BCUT2D eigenvalue weighted by Crippen LogP contribution is 2.19. The minimum Gasteiger partial charge on any atom is -0.472 e. The lowest BCUT2D eigenvalue weighted by Gasteiger charge is -2.32. The molecule has 1 aromatic rings. The Labute approximate surface area is 153 Å². The Morgan fingerprint density at radius 2 is 2.00 bits per heavy atom. The number of piperidine rings is 1. The molecule has 0 bridgehead atoms. The zero-order valence-electron chi connectivity index (χ0n) is 14.7. The molecule has 0 radical (unpaired) electrons. The van der Waals surface area contributed by atoms with Crippen LogP contribution in [-0.4, -0.2) is 80.8 Å². The highest BCUT2D eigenvalue weighted by molar-refractivity contribution is 7.91. The number of carbonyl (C=O) groups is 2. The van der Waals surface area contributed by atoms with Crippen LogP contribution in [0.4, 0.5) is 0 Å². The third-order valence-corrected chi connectivity index (χ3v) is 6.62. The summed E-state index contributed by atoms with van der Waals surface area (Å²) in [7, 11) is -2.88. The Kier molecular flexibility index (Phi) is 5.98. The van der Waals surface area contributed by atoms with Crippen molar-refractivity contribution in [2.45, 2.75) is 12.8 Å². The van der Waals surface area contributed by atoms with Crippen LogP contribution in [-0.2, 0) is 14.6 Å². The molecule has 0 unspecified atom stereocenters. The molecule has 2 fully saturated rings. The number of likely N-dealkylation sites (tertiary alicyclic amines) is 1. The van der Waals surface area contributed by atoms with Crippen molar-refractivity contribution in [1.82, 2.24) is 15.1 Å². The van der Waals surface area contributed by atoms with Gasteiger partial charge in [-0.25, -0.2) is 8.42 Å². The van der Waals surface area contributed by atoms with Crippen LogP contribution in [0, 0.1) is 5.92 Å². The van der Waals surface area contributed by atoms with E-state index in [1.807, 2.05) is 0 Å². The Balaban J connectivity index is 1.42. The third-order valence-electron chi connectivity index (χ3n) is 5.01. The lowest BCUT2D eigenvalue weighted by molar-refractivity contribution is -0.126. The molecule has 0 saturated carbocycles. The van der Waals surface area contributed by atoms with E-state index < -0.39 is 9.84 Å². The summed E-state index contributed by atoms with van der Waals surface area (Å²) in [5.74, 6) is 0.0231. The van der Waals surface area contributed by atoms with E-state index in [1.165, 1.54) is 12.5 Å². The maximum Gasteiger partial charge on any atom is 0.257 e. The molecule has 1 atom stereocenters. The van der Waals surface area contributed by atoms with E-state index in [9.17, 15) is 18.0 Å². The number of sulfone groups is 1. The third kappa shape index (κ3) is 4.85. The molecule has 3 rings (SSSR count). The highest BCUT2D eigenvalue weighted by atomic mass is 32.2. The fourth-order valence-electron chi connectivity index (χ4n) is 3.40. The second-order valence-corrected chi connectivity index (χ2v) is 9.19. The molecule has 0 aliphatic carbocycles. The molecule has 0 spiro atoms. The predicted molar refractivity (Wildman–Crippen MR) is 95.4 cm³/mol. The molecule has 2 aliphatic heterocycles. The average Bonchev–Trinajstić information content (AvgIpc) is 3.17. The summed E-state index contributed by atoms with van der Waals surface area (Å²) in [5, 5.41) is 2.93. The summed E-state index contributed by atoms with van der Waals surface area (Å²) in [4.78, 5) is 28.6. The van der Waals surface area contributed by atoms with Gasteiger partial charge in [-0.15, -0.1) is 0 Å². The Morgan fingerprint density at radius 3 is 2.69 bits per heavy atom. The second-order valence-electron chi connectivity index (χ2n) is 6.89. The fraction of sp³-hybridized carbons (Fsp3) is 0.647. The first-order valence-corrected chi connectivity index (χ1v) is 10.8. The van der Waals surface area contributed by atoms with Crippen LogP contribution in [0.1, 0.15) is 23.2 Å². The molecular weight excluding hydrogens is 358 g/mol. The molecule has 26 heavy (non-hydrogen) atoms. The van der Waals surface area contributed by atoms with Crippen LogP contribution >= 0.6 is 0 Å². The van der Waals surface area contributed by atoms with Crippen molar-refractivity contribution in [2.24, 2.45) is 5.92 Å². The SMILES string of the molecule is O=C(NCCN1CCS(=O)(=O)CC1)[C@H]1CCCN(C(=O)c2ccoc2)C1. The first kappa shape index (κ1) is 18.9. The predicted octanol–water partition coefficient (Wildman–Crippen LogP) is -0.0216. The van der Waals surface area contributed by atoms with Crippen molar-refractivity contribution >= 4 is 21.7 Å². The van der Waals surface area contributed by atoms with Crippen molar-refractivity contribution in [1.29, 1.82) is 0 Å². The standard InChI is InChI=1S/C17H25N3O5S/c21-16(18-4-6-19-7-10-26(23,24)11-8-19)14-2-1-5-20(12-14)17(22)15-3-9-25-13-15/h3,9,13-14H,1-2,4-8,10-12H2,(H,18,21)/t14-/m0/s1. The van der Waals surface area contributed by atoms with Gasteiger partial charge >= 0.3 is 0 Å². The highest BCUT2D eigenvalue weighted by Gasteiger charge is 2.29. The van der Waals surface area contributed by atoms with E-state index in [-0.39, 0.29) is 29.2 Å². The van der Waals surface area contributed by atoms with Crippen molar-refractivity contribution in [3.63, 3.8) is 0 Å². The number of carbonyl (C=O) groups excluding carboxylic acids is 2. The molecule has 3 heterocycles. The van der Waals surface area contributed by atoms with Crippen LogP contribution < -0.4 is 5.32 Å². The number of hydrogen-bond donors (Lipinski definition) is 1. The largest absolute Gasteiger partial charge is 0.472 e. The fourth-order valence-corrected chi connectivity index (χ4v) is 4.68. The average molecular weight is 383 g/mol. The lowest BCUT2D eigenvalue weighted by Crippen LogP contribution is -2.47. The lowest BCUT2D eigenvalue weighted by atomic mass is 9.96. The van der Waals surface area contributed by atoms with Gasteiger partial charge in [-0.2, -0.15) is 0 Å². The van der Waals surface area contributed by atoms with E-state index in [1.54, 1.807) is 11.0 Å². The molecule has 2 saturated heterocycles. The van der Waals surface area contributed by atoms with Gasteiger partial charge in [0.2, 0.25) is 5.91 Å². The van der Waals surface area contributed by atoms with Gasteiger partial charge in [0.15, 0.2) is 9.84 Å². The maximum absolute atomic E-state index is 12.4. The molecule has 0 aromatic carbocycles. The first-order chi connectivity index (χ1) is 12.4. The summed E-state index contributed by atoms with van der Waals surface area (Å²) in [6.07, 6.45) is 4.45. The van der Waals surface area contributed by atoms with E-state index >= 15 is 0 Å². The number of furan rings is 1. The molecular formula is C17H25N3O5S. The van der Waals surface area contributed by atoms with Crippen LogP contribution in [0.15, 0.2) is 23.0 Å². The Bertz CT molecular complexity index is 718. The Morgan fingerprint density at radius 1 is 1.23 bits per heavy atom. The second kappa shape index (κ2) is 8.22. The zero-order chi connectivity index (χ0) is 18.6. The molecule has 2 amide bonds. The van der Waals surface area contributed by atoms with Crippen LogP contribution in [0.25, 0.3) is 0 Å². The van der Waals surface area contributed by atoms with Crippen molar-refractivity contribution < 1.29 is 22.4 Å². The summed E-state index contributed by atoms with van der Waals surface area (Å²) in [6.45, 7) is 3.24. The van der Waals surface area contributed by atoms with Gasteiger partial charge in [-0.3, -0.25) is 14.5 Å². The molecule has 2 aliphatic rings. The number of nitrogens with one attached hydrogen (secondary N) is 1. The quantitative estimate of drug-likeness (QED) is 0.767. The van der Waals surface area contributed by atoms with E-state index in [2.05, 4.69) is 10.2 Å². The van der Waals surface area contributed by atoms with E-state index in [4.69, 9.17) is 4.42 Å². The summed E-state index contributed by atoms with van der Waals surface area (Å²) in [6, 6.07) is 1.63. The normalized spacial score (nSPS) is 23.5. The zero-order valence-corrected chi connectivity index (χ0v) is 15.5. The molecule has 9 heteroatoms. The topological polar surface area (TPSA) is 99.9 Å². The summed E-state index contributed by atoms with van der Waals surface area (Å²) >= 11 is 0. The van der Waals surface area contributed by atoms with Gasteiger partial charge < -0.3 is 14.6 Å². The van der Waals surface area contributed by atoms with Gasteiger partial charge in [0.05, 0.1) is 29.3 Å². The van der Waals surface area contributed by atoms with Crippen molar-refractivity contribution in [3.05, 3.63) is 24.2 Å². The maximum atomic E-state index is 12.4. The summed E-state index contributed by atoms with van der Waals surface area (Å²) in [5.41, 5.74) is 0.506. The van der Waals surface area contributed by atoms with Gasteiger partial charge in [0.25, 0.3) is 5.91 Å².